The Hall–Kier alpha value is -1.16. The molecule has 0 spiro atoms. The summed E-state index contributed by atoms with van der Waals surface area (Å²) in [6.45, 7) is 5.26. The van der Waals surface area contributed by atoms with Crippen LogP contribution in [-0.4, -0.2) is 73.4 Å². The van der Waals surface area contributed by atoms with E-state index in [2.05, 4.69) is 11.0 Å². The van der Waals surface area contributed by atoms with Crippen LogP contribution in [0.25, 0.3) is 0 Å². The van der Waals surface area contributed by atoms with Gasteiger partial charge in [0.05, 0.1) is 25.7 Å². The van der Waals surface area contributed by atoms with Crippen molar-refractivity contribution in [2.24, 2.45) is 0 Å². The van der Waals surface area contributed by atoms with E-state index in [4.69, 9.17) is 15.1 Å². The number of aliphatic hydroxyl groups excluding tert-OH is 1. The van der Waals surface area contributed by atoms with Crippen LogP contribution in [0.1, 0.15) is 19.3 Å². The monoisotopic (exact) mass is 269 g/mol. The van der Waals surface area contributed by atoms with Gasteiger partial charge >= 0.3 is 0 Å². The maximum absolute atomic E-state index is 11.9. The van der Waals surface area contributed by atoms with Gasteiger partial charge in [-0.25, -0.2) is 0 Å². The normalized spacial score (nSPS) is 16.0. The predicted molar refractivity (Wildman–Crippen MR) is 70.4 cm³/mol. The van der Waals surface area contributed by atoms with Crippen LogP contribution in [0.15, 0.2) is 0 Å². The first kappa shape index (κ1) is 15.9. The Kier molecular flexibility index (Phi) is 8.14. The van der Waals surface area contributed by atoms with Crippen molar-refractivity contribution in [2.45, 2.75) is 19.3 Å². The van der Waals surface area contributed by atoms with Crippen molar-refractivity contribution in [3.05, 3.63) is 0 Å². The Balaban J connectivity index is 2.34. The number of ether oxygens (including phenoxy) is 1. The highest BCUT2D eigenvalue weighted by molar-refractivity contribution is 5.76. The lowest BCUT2D eigenvalue weighted by Gasteiger charge is -2.29. The van der Waals surface area contributed by atoms with E-state index in [-0.39, 0.29) is 12.5 Å². The summed E-state index contributed by atoms with van der Waals surface area (Å²) in [6, 6.07) is 2.07. The van der Waals surface area contributed by atoms with E-state index in [0.717, 1.165) is 32.8 Å². The van der Waals surface area contributed by atoms with E-state index in [1.807, 2.05) is 0 Å². The summed E-state index contributed by atoms with van der Waals surface area (Å²) in [5.74, 6) is 0.0255. The Morgan fingerprint density at radius 1 is 1.37 bits per heavy atom. The molecule has 6 nitrogen and oxygen atoms in total. The maximum atomic E-state index is 11.9. The minimum atomic E-state index is 0.0255. The summed E-state index contributed by atoms with van der Waals surface area (Å²) in [5, 5.41) is 17.4. The lowest BCUT2D eigenvalue weighted by Crippen LogP contribution is -2.43. The highest BCUT2D eigenvalue weighted by Crippen LogP contribution is 2.02. The topological polar surface area (TPSA) is 76.8 Å². The van der Waals surface area contributed by atoms with Crippen molar-refractivity contribution < 1.29 is 14.6 Å². The van der Waals surface area contributed by atoms with E-state index in [0.29, 0.717) is 32.4 Å². The zero-order chi connectivity index (χ0) is 13.9. The molecule has 0 unspecified atom stereocenters. The van der Waals surface area contributed by atoms with Gasteiger partial charge in [-0.1, -0.05) is 0 Å². The SMILES string of the molecule is N#CCCN(CCN1CCOCC1)C(=O)CCCO. The van der Waals surface area contributed by atoms with Crippen LogP contribution in [0.2, 0.25) is 0 Å². The molecule has 6 heteroatoms. The number of nitrogens with zero attached hydrogens (tertiary/aromatic N) is 3. The molecule has 0 aromatic carbocycles. The van der Waals surface area contributed by atoms with Crippen molar-refractivity contribution >= 4 is 5.91 Å². The van der Waals surface area contributed by atoms with Gasteiger partial charge in [-0.3, -0.25) is 9.69 Å². The van der Waals surface area contributed by atoms with Crippen LogP contribution in [-0.2, 0) is 9.53 Å². The molecule has 1 aliphatic rings. The second kappa shape index (κ2) is 9.73. The van der Waals surface area contributed by atoms with Gasteiger partial charge in [0, 0.05) is 45.8 Å². The minimum absolute atomic E-state index is 0.0255. The van der Waals surface area contributed by atoms with Gasteiger partial charge < -0.3 is 14.7 Å². The fourth-order valence-electron chi connectivity index (χ4n) is 2.02. The number of rotatable bonds is 8. The Bertz CT molecular complexity index is 298. The number of hydrogen-bond acceptors (Lipinski definition) is 5. The van der Waals surface area contributed by atoms with Crippen LogP contribution in [0.5, 0.6) is 0 Å². The number of amides is 1. The largest absolute Gasteiger partial charge is 0.396 e. The van der Waals surface area contributed by atoms with Gasteiger partial charge in [-0.2, -0.15) is 5.26 Å². The van der Waals surface area contributed by atoms with E-state index in [1.165, 1.54) is 0 Å². The molecule has 1 saturated heterocycles. The van der Waals surface area contributed by atoms with Crippen molar-refractivity contribution in [1.29, 1.82) is 5.26 Å². The van der Waals surface area contributed by atoms with Gasteiger partial charge in [-0.05, 0) is 6.42 Å². The minimum Gasteiger partial charge on any atom is -0.396 e. The zero-order valence-electron chi connectivity index (χ0n) is 11.4. The van der Waals surface area contributed by atoms with E-state index < -0.39 is 0 Å². The molecule has 0 bridgehead atoms. The van der Waals surface area contributed by atoms with Gasteiger partial charge in [0.25, 0.3) is 0 Å². The number of carbonyl (C=O) groups excluding carboxylic acids is 1. The molecule has 1 rings (SSSR count). The third-order valence-electron chi connectivity index (χ3n) is 3.18. The molecule has 0 saturated carbocycles. The molecule has 19 heavy (non-hydrogen) atoms. The third kappa shape index (κ3) is 6.53. The molecule has 1 aliphatic heterocycles. The second-order valence-electron chi connectivity index (χ2n) is 4.57. The summed E-state index contributed by atoms with van der Waals surface area (Å²) < 4.78 is 5.28. The standard InChI is InChI=1S/C13H23N3O3/c14-4-2-5-16(13(18)3-1-10-17)7-6-15-8-11-19-12-9-15/h17H,1-3,5-12H2. The molecule has 0 aromatic rings. The fourth-order valence-corrected chi connectivity index (χ4v) is 2.02. The molecule has 0 aliphatic carbocycles. The van der Waals surface area contributed by atoms with Gasteiger partial charge in [0.15, 0.2) is 0 Å². The fraction of sp³-hybridized carbons (Fsp3) is 0.846. The summed E-state index contributed by atoms with van der Waals surface area (Å²) >= 11 is 0. The molecule has 0 aromatic heterocycles. The van der Waals surface area contributed by atoms with Crippen molar-refractivity contribution in [3.63, 3.8) is 0 Å². The first-order valence-corrected chi connectivity index (χ1v) is 6.83. The lowest BCUT2D eigenvalue weighted by molar-refractivity contribution is -0.131. The van der Waals surface area contributed by atoms with E-state index in [9.17, 15) is 4.79 Å². The number of carbonyl (C=O) groups is 1. The molecule has 0 radical (unpaired) electrons. The van der Waals surface area contributed by atoms with Gasteiger partial charge in [-0.15, -0.1) is 0 Å². The van der Waals surface area contributed by atoms with Crippen LogP contribution < -0.4 is 0 Å². The first-order chi connectivity index (χ1) is 9.27. The quantitative estimate of drug-likeness (QED) is 0.662. The smallest absolute Gasteiger partial charge is 0.222 e. The van der Waals surface area contributed by atoms with Crippen molar-refractivity contribution in [3.8, 4) is 6.07 Å². The van der Waals surface area contributed by atoms with E-state index >= 15 is 0 Å². The molecule has 108 valence electrons. The second-order valence-corrected chi connectivity index (χ2v) is 4.57. The summed E-state index contributed by atoms with van der Waals surface area (Å²) in [4.78, 5) is 15.9. The Morgan fingerprint density at radius 2 is 2.11 bits per heavy atom. The highest BCUT2D eigenvalue weighted by Gasteiger charge is 2.16. The summed E-state index contributed by atoms with van der Waals surface area (Å²) in [6.07, 6.45) is 1.19. The van der Waals surface area contributed by atoms with E-state index in [1.54, 1.807) is 4.90 Å². The molecular weight excluding hydrogens is 246 g/mol. The molecule has 1 amide bonds. The molecule has 1 fully saturated rings. The zero-order valence-corrected chi connectivity index (χ0v) is 11.4. The van der Waals surface area contributed by atoms with Crippen LogP contribution in [0.3, 0.4) is 0 Å². The number of hydrogen-bond donors (Lipinski definition) is 1. The molecule has 0 atom stereocenters. The van der Waals surface area contributed by atoms with Crippen LogP contribution in [0, 0.1) is 11.3 Å². The van der Waals surface area contributed by atoms with Crippen LogP contribution in [0.4, 0.5) is 0 Å². The molecular formula is C13H23N3O3. The molecule has 1 heterocycles. The van der Waals surface area contributed by atoms with Gasteiger partial charge in [0.2, 0.25) is 5.91 Å². The first-order valence-electron chi connectivity index (χ1n) is 6.83. The average molecular weight is 269 g/mol. The maximum Gasteiger partial charge on any atom is 0.222 e. The third-order valence-corrected chi connectivity index (χ3v) is 3.18. The summed E-state index contributed by atoms with van der Waals surface area (Å²) in [5.41, 5.74) is 0. The number of nitriles is 1. The summed E-state index contributed by atoms with van der Waals surface area (Å²) in [7, 11) is 0. The van der Waals surface area contributed by atoms with Crippen molar-refractivity contribution in [2.75, 3.05) is 52.5 Å². The predicted octanol–water partition coefficient (Wildman–Crippen LogP) is -0.167. The average Bonchev–Trinajstić information content (AvgIpc) is 2.46. The highest BCUT2D eigenvalue weighted by atomic mass is 16.5. The Labute approximate surface area is 114 Å². The number of aliphatic hydroxyl groups is 1. The number of morpholine rings is 1. The van der Waals surface area contributed by atoms with Crippen molar-refractivity contribution in [1.82, 2.24) is 9.80 Å². The Morgan fingerprint density at radius 3 is 2.74 bits per heavy atom. The van der Waals surface area contributed by atoms with Gasteiger partial charge in [0.1, 0.15) is 0 Å². The molecule has 1 N–H and O–H groups in total. The van der Waals surface area contributed by atoms with Crippen LogP contribution >= 0.6 is 0 Å². The lowest BCUT2D eigenvalue weighted by atomic mass is 10.2.